The van der Waals surface area contributed by atoms with Gasteiger partial charge in [-0.25, -0.2) is 17.4 Å². The summed E-state index contributed by atoms with van der Waals surface area (Å²) in [4.78, 5) is -0.227. The highest BCUT2D eigenvalue weighted by Crippen LogP contribution is 2.35. The molecule has 0 bridgehead atoms. The third-order valence-electron chi connectivity index (χ3n) is 3.73. The standard InChI is InChI=1S/C16H19N5O5S/c1-10-7-8-11(25-10)9-17-15-16(20-26-19-15)18-12-5-4-6-13(14(12)22)27(23,24)21(2)3/h4-8,22H,9H2,1-3H3,(H,17,19)(H,18,20). The maximum atomic E-state index is 12.3. The topological polar surface area (TPSA) is 134 Å². The average molecular weight is 393 g/mol. The molecule has 0 aliphatic carbocycles. The highest BCUT2D eigenvalue weighted by Gasteiger charge is 2.24. The van der Waals surface area contributed by atoms with E-state index >= 15 is 0 Å². The lowest BCUT2D eigenvalue weighted by Gasteiger charge is -2.15. The number of nitrogens with one attached hydrogen (secondary N) is 2. The first kappa shape index (κ1) is 18.7. The summed E-state index contributed by atoms with van der Waals surface area (Å²) in [5, 5.41) is 23.7. The Morgan fingerprint density at radius 1 is 1.15 bits per heavy atom. The van der Waals surface area contributed by atoms with Gasteiger partial charge in [-0.3, -0.25) is 0 Å². The predicted octanol–water partition coefficient (Wildman–Crippen LogP) is 2.28. The number of sulfonamides is 1. The van der Waals surface area contributed by atoms with E-state index in [0.717, 1.165) is 10.1 Å². The van der Waals surface area contributed by atoms with Crippen LogP contribution in [0.15, 0.2) is 44.3 Å². The third-order valence-corrected chi connectivity index (χ3v) is 5.57. The first-order valence-electron chi connectivity index (χ1n) is 7.92. The van der Waals surface area contributed by atoms with Gasteiger partial charge >= 0.3 is 0 Å². The summed E-state index contributed by atoms with van der Waals surface area (Å²) in [5.74, 6) is 1.52. The molecule has 1 aromatic carbocycles. The Balaban J connectivity index is 1.82. The van der Waals surface area contributed by atoms with E-state index in [-0.39, 0.29) is 22.2 Å². The lowest BCUT2D eigenvalue weighted by atomic mass is 10.3. The fourth-order valence-corrected chi connectivity index (χ4v) is 3.29. The normalized spacial score (nSPS) is 11.7. The van der Waals surface area contributed by atoms with Crippen LogP contribution in [0.5, 0.6) is 5.75 Å². The molecule has 144 valence electrons. The zero-order valence-electron chi connectivity index (χ0n) is 14.9. The molecular formula is C16H19N5O5S. The molecule has 0 radical (unpaired) electrons. The van der Waals surface area contributed by atoms with Crippen LogP contribution in [0.3, 0.4) is 0 Å². The lowest BCUT2D eigenvalue weighted by molar-refractivity contribution is 0.310. The quantitative estimate of drug-likeness (QED) is 0.517. The summed E-state index contributed by atoms with van der Waals surface area (Å²) >= 11 is 0. The molecule has 11 heteroatoms. The number of hydrogen-bond donors (Lipinski definition) is 3. The van der Waals surface area contributed by atoms with Gasteiger partial charge in [0.25, 0.3) is 0 Å². The van der Waals surface area contributed by atoms with Crippen molar-refractivity contribution in [2.24, 2.45) is 0 Å². The smallest absolute Gasteiger partial charge is 0.246 e. The summed E-state index contributed by atoms with van der Waals surface area (Å²) in [6.45, 7) is 2.18. The van der Waals surface area contributed by atoms with Crippen LogP contribution in [-0.2, 0) is 16.6 Å². The van der Waals surface area contributed by atoms with Gasteiger partial charge in [-0.05, 0) is 41.5 Å². The van der Waals surface area contributed by atoms with Crippen molar-refractivity contribution in [3.63, 3.8) is 0 Å². The average Bonchev–Trinajstić information content (AvgIpc) is 3.23. The van der Waals surface area contributed by atoms with E-state index in [0.29, 0.717) is 12.3 Å². The number of para-hydroxylation sites is 1. The maximum Gasteiger partial charge on any atom is 0.246 e. The molecule has 2 aromatic heterocycles. The fourth-order valence-electron chi connectivity index (χ4n) is 2.29. The van der Waals surface area contributed by atoms with Crippen LogP contribution in [0.25, 0.3) is 0 Å². The van der Waals surface area contributed by atoms with E-state index in [1.54, 1.807) is 0 Å². The number of phenols is 1. The van der Waals surface area contributed by atoms with Gasteiger partial charge in [0.15, 0.2) is 5.75 Å². The van der Waals surface area contributed by atoms with E-state index in [1.807, 2.05) is 19.1 Å². The number of rotatable bonds is 7. The molecule has 0 amide bonds. The van der Waals surface area contributed by atoms with Crippen LogP contribution in [-0.4, -0.2) is 42.2 Å². The summed E-state index contributed by atoms with van der Waals surface area (Å²) in [5.41, 5.74) is 0.144. The van der Waals surface area contributed by atoms with Gasteiger partial charge in [0, 0.05) is 14.1 Å². The molecule has 0 fully saturated rings. The minimum Gasteiger partial charge on any atom is -0.504 e. The zero-order chi connectivity index (χ0) is 19.6. The van der Waals surface area contributed by atoms with Crippen LogP contribution in [0.1, 0.15) is 11.5 Å². The van der Waals surface area contributed by atoms with E-state index < -0.39 is 15.8 Å². The molecule has 0 spiro atoms. The lowest BCUT2D eigenvalue weighted by Crippen LogP contribution is -2.22. The fraction of sp³-hybridized carbons (Fsp3) is 0.250. The largest absolute Gasteiger partial charge is 0.504 e. The number of aryl methyl sites for hydroxylation is 1. The van der Waals surface area contributed by atoms with E-state index in [2.05, 4.69) is 20.9 Å². The van der Waals surface area contributed by atoms with Gasteiger partial charge in [0.05, 0.1) is 12.2 Å². The molecule has 3 rings (SSSR count). The Hall–Kier alpha value is -3.05. The Bertz CT molecular complexity index is 1040. The number of furan rings is 1. The molecular weight excluding hydrogens is 374 g/mol. The van der Waals surface area contributed by atoms with Crippen molar-refractivity contribution < 1.29 is 22.6 Å². The molecule has 0 aliphatic rings. The SMILES string of the molecule is Cc1ccc(CNc2nonc2Nc2cccc(S(=O)(=O)N(C)C)c2O)o1. The molecule has 0 unspecified atom stereocenters. The molecule has 10 nitrogen and oxygen atoms in total. The van der Waals surface area contributed by atoms with Crippen molar-refractivity contribution in [2.75, 3.05) is 24.7 Å². The van der Waals surface area contributed by atoms with Crippen LogP contribution in [0, 0.1) is 6.92 Å². The Kier molecular flexibility index (Phi) is 5.06. The second-order valence-corrected chi connectivity index (χ2v) is 8.01. The highest BCUT2D eigenvalue weighted by molar-refractivity contribution is 7.89. The van der Waals surface area contributed by atoms with Gasteiger partial charge in [-0.15, -0.1) is 0 Å². The van der Waals surface area contributed by atoms with Gasteiger partial charge in [0.1, 0.15) is 16.4 Å². The van der Waals surface area contributed by atoms with Crippen LogP contribution < -0.4 is 10.6 Å². The van der Waals surface area contributed by atoms with Gasteiger partial charge in [0.2, 0.25) is 21.7 Å². The van der Waals surface area contributed by atoms with E-state index in [4.69, 9.17) is 9.05 Å². The van der Waals surface area contributed by atoms with Crippen molar-refractivity contribution in [3.8, 4) is 5.75 Å². The van der Waals surface area contributed by atoms with Crippen LogP contribution in [0.4, 0.5) is 17.3 Å². The Labute approximate surface area is 155 Å². The monoisotopic (exact) mass is 393 g/mol. The van der Waals surface area contributed by atoms with Gasteiger partial charge < -0.3 is 20.2 Å². The van der Waals surface area contributed by atoms with Crippen LogP contribution >= 0.6 is 0 Å². The van der Waals surface area contributed by atoms with E-state index in [9.17, 15) is 13.5 Å². The van der Waals surface area contributed by atoms with Crippen molar-refractivity contribution >= 4 is 27.3 Å². The summed E-state index contributed by atoms with van der Waals surface area (Å²) < 4.78 is 35.8. The number of hydrogen-bond acceptors (Lipinski definition) is 9. The zero-order valence-corrected chi connectivity index (χ0v) is 15.7. The molecule has 0 saturated heterocycles. The summed E-state index contributed by atoms with van der Waals surface area (Å²) in [7, 11) is -1.04. The maximum absolute atomic E-state index is 12.3. The molecule has 3 aromatic rings. The number of phenolic OH excluding ortho intramolecular Hbond substituents is 1. The first-order valence-corrected chi connectivity index (χ1v) is 9.36. The first-order chi connectivity index (χ1) is 12.8. The van der Waals surface area contributed by atoms with Crippen molar-refractivity contribution in [2.45, 2.75) is 18.4 Å². The number of aromatic nitrogens is 2. The molecule has 0 atom stereocenters. The van der Waals surface area contributed by atoms with Crippen LogP contribution in [0.2, 0.25) is 0 Å². The second kappa shape index (κ2) is 7.29. The number of benzene rings is 1. The predicted molar refractivity (Wildman–Crippen MR) is 97.3 cm³/mol. The Morgan fingerprint density at radius 3 is 2.56 bits per heavy atom. The minimum atomic E-state index is -3.81. The molecule has 0 aliphatic heterocycles. The van der Waals surface area contributed by atoms with Gasteiger partial charge in [-0.1, -0.05) is 6.07 Å². The third kappa shape index (κ3) is 3.88. The van der Waals surface area contributed by atoms with E-state index in [1.165, 1.54) is 32.3 Å². The van der Waals surface area contributed by atoms with Crippen molar-refractivity contribution in [1.82, 2.24) is 14.6 Å². The van der Waals surface area contributed by atoms with Gasteiger partial charge in [-0.2, -0.15) is 0 Å². The number of aromatic hydroxyl groups is 1. The molecule has 0 saturated carbocycles. The number of anilines is 3. The van der Waals surface area contributed by atoms with Crippen molar-refractivity contribution in [3.05, 3.63) is 41.9 Å². The summed E-state index contributed by atoms with van der Waals surface area (Å²) in [6.07, 6.45) is 0. The van der Waals surface area contributed by atoms with Crippen molar-refractivity contribution in [1.29, 1.82) is 0 Å². The number of nitrogens with zero attached hydrogens (tertiary/aromatic N) is 3. The molecule has 2 heterocycles. The molecule has 3 N–H and O–H groups in total. The second-order valence-electron chi connectivity index (χ2n) is 5.89. The molecule has 27 heavy (non-hydrogen) atoms. The Morgan fingerprint density at radius 2 is 1.89 bits per heavy atom. The minimum absolute atomic E-state index is 0.144. The highest BCUT2D eigenvalue weighted by atomic mass is 32.2. The summed E-state index contributed by atoms with van der Waals surface area (Å²) in [6, 6.07) is 7.99.